The second kappa shape index (κ2) is 10.3. The Labute approximate surface area is 200 Å². The molecule has 4 rings (SSSR count). The molecule has 0 radical (unpaired) electrons. The van der Waals surface area contributed by atoms with Crippen LogP contribution in [0.25, 0.3) is 0 Å². The van der Waals surface area contributed by atoms with Gasteiger partial charge < -0.3 is 19.1 Å². The molecule has 184 valence electrons. The summed E-state index contributed by atoms with van der Waals surface area (Å²) >= 11 is 0. The highest BCUT2D eigenvalue weighted by atomic mass is 32.2. The first-order valence-corrected chi connectivity index (χ1v) is 12.7. The number of benzene rings is 2. The van der Waals surface area contributed by atoms with Crippen LogP contribution in [0.15, 0.2) is 42.5 Å². The standard InChI is InChI=1S/C24H31N3O6S/c1-17-8-9-18(2)21(12-17)24(28)26-14-22(31-3)23(15-26)33-20-7-4-6-19(13-20)25-34(29,30)27-10-5-11-32-16-27/h4,6-9,12-13,22-23,25H,5,10-11,14-16H2,1-3H3. The lowest BCUT2D eigenvalue weighted by molar-refractivity contribution is 0.0316. The van der Waals surface area contributed by atoms with E-state index in [4.69, 9.17) is 14.2 Å². The van der Waals surface area contributed by atoms with E-state index in [0.717, 1.165) is 11.1 Å². The van der Waals surface area contributed by atoms with E-state index in [1.165, 1.54) is 4.31 Å². The number of rotatable bonds is 7. The highest BCUT2D eigenvalue weighted by Gasteiger charge is 2.38. The lowest BCUT2D eigenvalue weighted by Gasteiger charge is -2.26. The molecule has 0 aromatic heterocycles. The van der Waals surface area contributed by atoms with Crippen LogP contribution in [-0.4, -0.2) is 75.8 Å². The van der Waals surface area contributed by atoms with Gasteiger partial charge in [0.15, 0.2) is 0 Å². The molecule has 2 saturated heterocycles. The predicted octanol–water partition coefficient (Wildman–Crippen LogP) is 2.56. The molecule has 0 bridgehead atoms. The number of ether oxygens (including phenoxy) is 3. The Hall–Kier alpha value is -2.66. The molecule has 9 nitrogen and oxygen atoms in total. The largest absolute Gasteiger partial charge is 0.486 e. The van der Waals surface area contributed by atoms with Crippen molar-refractivity contribution >= 4 is 21.8 Å². The number of nitrogens with zero attached hydrogens (tertiary/aromatic N) is 2. The topological polar surface area (TPSA) is 97.4 Å². The number of hydrogen-bond acceptors (Lipinski definition) is 6. The molecule has 2 atom stereocenters. The number of methoxy groups -OCH3 is 1. The van der Waals surface area contributed by atoms with Crippen molar-refractivity contribution in [1.82, 2.24) is 9.21 Å². The Kier molecular flexibility index (Phi) is 7.42. The van der Waals surface area contributed by atoms with E-state index in [1.807, 2.05) is 32.0 Å². The van der Waals surface area contributed by atoms with Crippen molar-refractivity contribution in [3.8, 4) is 5.75 Å². The fourth-order valence-corrected chi connectivity index (χ4v) is 5.31. The summed E-state index contributed by atoms with van der Waals surface area (Å²) in [4.78, 5) is 14.9. The third-order valence-electron chi connectivity index (χ3n) is 6.07. The molecule has 1 amide bonds. The summed E-state index contributed by atoms with van der Waals surface area (Å²) in [6.45, 7) is 5.66. The molecular weight excluding hydrogens is 458 g/mol. The molecule has 2 aliphatic rings. The van der Waals surface area contributed by atoms with Gasteiger partial charge >= 0.3 is 10.2 Å². The van der Waals surface area contributed by atoms with Gasteiger partial charge in [0.25, 0.3) is 5.91 Å². The van der Waals surface area contributed by atoms with Crippen LogP contribution in [0.1, 0.15) is 27.9 Å². The Morgan fingerprint density at radius 1 is 1.12 bits per heavy atom. The summed E-state index contributed by atoms with van der Waals surface area (Å²) in [7, 11) is -2.13. The quantitative estimate of drug-likeness (QED) is 0.642. The van der Waals surface area contributed by atoms with Crippen LogP contribution in [0.2, 0.25) is 0 Å². The summed E-state index contributed by atoms with van der Waals surface area (Å²) in [6, 6.07) is 12.6. The van der Waals surface area contributed by atoms with Gasteiger partial charge in [0.1, 0.15) is 24.7 Å². The third-order valence-corrected chi connectivity index (χ3v) is 7.53. The maximum Gasteiger partial charge on any atom is 0.303 e. The van der Waals surface area contributed by atoms with Crippen LogP contribution in [-0.2, 0) is 19.7 Å². The number of likely N-dealkylation sites (tertiary alicyclic amines) is 1. The molecule has 10 heteroatoms. The van der Waals surface area contributed by atoms with Crippen LogP contribution in [0.3, 0.4) is 0 Å². The van der Waals surface area contributed by atoms with E-state index in [1.54, 1.807) is 36.3 Å². The number of nitrogens with one attached hydrogen (secondary N) is 1. The van der Waals surface area contributed by atoms with Crippen LogP contribution in [0.5, 0.6) is 5.75 Å². The summed E-state index contributed by atoms with van der Waals surface area (Å²) in [6.07, 6.45) is -0.0390. The number of carbonyl (C=O) groups excluding carboxylic acids is 1. The van der Waals surface area contributed by atoms with Crippen molar-refractivity contribution in [2.75, 3.05) is 44.8 Å². The Morgan fingerprint density at radius 3 is 2.65 bits per heavy atom. The maximum absolute atomic E-state index is 13.2. The first-order valence-electron chi connectivity index (χ1n) is 11.3. The zero-order chi connectivity index (χ0) is 24.3. The first kappa shape index (κ1) is 24.5. The molecule has 2 aromatic rings. The SMILES string of the molecule is COC1CN(C(=O)c2cc(C)ccc2C)CC1Oc1cccc(NS(=O)(=O)N2CCCOC2)c1. The van der Waals surface area contributed by atoms with Crippen molar-refractivity contribution in [3.05, 3.63) is 59.2 Å². The first-order chi connectivity index (χ1) is 16.3. The minimum atomic E-state index is -3.73. The summed E-state index contributed by atoms with van der Waals surface area (Å²) in [5, 5.41) is 0. The fourth-order valence-electron chi connectivity index (χ4n) is 4.17. The summed E-state index contributed by atoms with van der Waals surface area (Å²) < 4.78 is 46.1. The van der Waals surface area contributed by atoms with E-state index in [2.05, 4.69) is 4.72 Å². The van der Waals surface area contributed by atoms with E-state index in [0.29, 0.717) is 49.7 Å². The highest BCUT2D eigenvalue weighted by Crippen LogP contribution is 2.26. The van der Waals surface area contributed by atoms with Crippen molar-refractivity contribution in [3.63, 3.8) is 0 Å². The molecule has 0 spiro atoms. The van der Waals surface area contributed by atoms with E-state index < -0.39 is 10.2 Å². The van der Waals surface area contributed by atoms with E-state index in [-0.39, 0.29) is 24.8 Å². The minimum Gasteiger partial charge on any atom is -0.486 e. The number of amides is 1. The number of carbonyl (C=O) groups is 1. The fraction of sp³-hybridized carbons (Fsp3) is 0.458. The van der Waals surface area contributed by atoms with Crippen molar-refractivity contribution in [2.45, 2.75) is 32.5 Å². The molecule has 1 N–H and O–H groups in total. The molecule has 2 aliphatic heterocycles. The molecular formula is C24H31N3O6S. The van der Waals surface area contributed by atoms with Gasteiger partial charge in [0.05, 0.1) is 18.8 Å². The van der Waals surface area contributed by atoms with Gasteiger partial charge in [-0.25, -0.2) is 0 Å². The van der Waals surface area contributed by atoms with Crippen molar-refractivity contribution in [1.29, 1.82) is 0 Å². The van der Waals surface area contributed by atoms with Crippen LogP contribution in [0.4, 0.5) is 5.69 Å². The predicted molar refractivity (Wildman–Crippen MR) is 128 cm³/mol. The zero-order valence-corrected chi connectivity index (χ0v) is 20.5. The Balaban J connectivity index is 1.45. The lowest BCUT2D eigenvalue weighted by atomic mass is 10.0. The highest BCUT2D eigenvalue weighted by molar-refractivity contribution is 7.90. The lowest BCUT2D eigenvalue weighted by Crippen LogP contribution is -2.41. The Morgan fingerprint density at radius 2 is 1.91 bits per heavy atom. The average molecular weight is 490 g/mol. The monoisotopic (exact) mass is 489 g/mol. The molecule has 2 heterocycles. The van der Waals surface area contributed by atoms with Crippen LogP contribution >= 0.6 is 0 Å². The van der Waals surface area contributed by atoms with Gasteiger partial charge in [-0.1, -0.05) is 23.8 Å². The average Bonchev–Trinajstić information content (AvgIpc) is 3.23. The van der Waals surface area contributed by atoms with Crippen molar-refractivity contribution < 1.29 is 27.4 Å². The molecule has 2 unspecified atom stereocenters. The number of anilines is 1. The van der Waals surface area contributed by atoms with Gasteiger partial charge in [-0.3, -0.25) is 9.52 Å². The zero-order valence-electron chi connectivity index (χ0n) is 19.7. The molecule has 34 heavy (non-hydrogen) atoms. The molecule has 2 aromatic carbocycles. The summed E-state index contributed by atoms with van der Waals surface area (Å²) in [5.41, 5.74) is 3.01. The maximum atomic E-state index is 13.2. The van der Waals surface area contributed by atoms with Gasteiger partial charge in [0.2, 0.25) is 0 Å². The van der Waals surface area contributed by atoms with Gasteiger partial charge in [0, 0.05) is 31.9 Å². The number of hydrogen-bond donors (Lipinski definition) is 1. The normalized spacial score (nSPS) is 21.4. The molecule has 0 saturated carbocycles. The van der Waals surface area contributed by atoms with Crippen molar-refractivity contribution in [2.24, 2.45) is 0 Å². The van der Waals surface area contributed by atoms with Gasteiger partial charge in [-0.05, 0) is 44.0 Å². The Bertz CT molecular complexity index is 1130. The summed E-state index contributed by atoms with van der Waals surface area (Å²) in [5.74, 6) is 0.433. The smallest absolute Gasteiger partial charge is 0.303 e. The van der Waals surface area contributed by atoms with E-state index >= 15 is 0 Å². The van der Waals surface area contributed by atoms with Gasteiger partial charge in [-0.2, -0.15) is 12.7 Å². The van der Waals surface area contributed by atoms with Crippen LogP contribution in [0, 0.1) is 13.8 Å². The molecule has 2 fully saturated rings. The second-order valence-electron chi connectivity index (χ2n) is 8.66. The molecule has 0 aliphatic carbocycles. The van der Waals surface area contributed by atoms with E-state index in [9.17, 15) is 13.2 Å². The minimum absolute atomic E-state index is 0.0351. The number of aryl methyl sites for hydroxylation is 2. The van der Waals surface area contributed by atoms with Gasteiger partial charge in [-0.15, -0.1) is 0 Å². The van der Waals surface area contributed by atoms with Crippen LogP contribution < -0.4 is 9.46 Å². The third kappa shape index (κ3) is 5.52. The second-order valence-corrected chi connectivity index (χ2v) is 10.3.